The van der Waals surface area contributed by atoms with Crippen LogP contribution in [0.15, 0.2) is 24.3 Å². The molecule has 0 fully saturated rings. The summed E-state index contributed by atoms with van der Waals surface area (Å²) in [7, 11) is 0. The highest BCUT2D eigenvalue weighted by Gasteiger charge is 2.31. The highest BCUT2D eigenvalue weighted by atomic mass is 19.4. The quantitative estimate of drug-likeness (QED) is 0.772. The zero-order chi connectivity index (χ0) is 11.6. The van der Waals surface area contributed by atoms with Gasteiger partial charge in [-0.1, -0.05) is 12.1 Å². The van der Waals surface area contributed by atoms with Crippen LogP contribution in [0.4, 0.5) is 13.2 Å². The van der Waals surface area contributed by atoms with E-state index in [-0.39, 0.29) is 5.56 Å². The van der Waals surface area contributed by atoms with Crippen molar-refractivity contribution in [2.24, 2.45) is 5.73 Å². The Labute approximate surface area is 84.9 Å². The van der Waals surface area contributed by atoms with Crippen molar-refractivity contribution in [1.29, 1.82) is 0 Å². The van der Waals surface area contributed by atoms with Crippen LogP contribution in [0.25, 0.3) is 0 Å². The molecule has 0 aliphatic heterocycles. The molecule has 0 amide bonds. The molecule has 0 saturated carbocycles. The van der Waals surface area contributed by atoms with E-state index in [9.17, 15) is 18.0 Å². The van der Waals surface area contributed by atoms with Crippen molar-refractivity contribution in [3.63, 3.8) is 0 Å². The minimum absolute atomic E-state index is 0.0141. The molecule has 1 aromatic carbocycles. The minimum atomic E-state index is -4.44. The van der Waals surface area contributed by atoms with Crippen molar-refractivity contribution in [3.8, 4) is 0 Å². The molecule has 15 heavy (non-hydrogen) atoms. The topological polar surface area (TPSA) is 43.1 Å². The molecule has 0 saturated heterocycles. The average Bonchev–Trinajstić information content (AvgIpc) is 2.15. The lowest BCUT2D eigenvalue weighted by Crippen LogP contribution is -2.26. The van der Waals surface area contributed by atoms with Gasteiger partial charge in [0, 0.05) is 5.56 Å². The Balaban J connectivity index is 3.09. The van der Waals surface area contributed by atoms with Gasteiger partial charge in [0.1, 0.15) is 0 Å². The molecule has 0 bridgehead atoms. The summed E-state index contributed by atoms with van der Waals surface area (Å²) in [4.78, 5) is 11.3. The molecule has 82 valence electrons. The predicted octanol–water partition coefficient (Wildman–Crippen LogP) is 2.24. The molecule has 1 unspecified atom stereocenters. The molecule has 0 aliphatic rings. The van der Waals surface area contributed by atoms with Crippen LogP contribution in [0.1, 0.15) is 22.8 Å². The smallest absolute Gasteiger partial charge is 0.321 e. The van der Waals surface area contributed by atoms with Crippen LogP contribution in [0.2, 0.25) is 0 Å². The van der Waals surface area contributed by atoms with Gasteiger partial charge in [0.25, 0.3) is 0 Å². The van der Waals surface area contributed by atoms with E-state index in [0.717, 1.165) is 12.1 Å². The number of nitrogens with two attached hydrogens (primary N) is 1. The summed E-state index contributed by atoms with van der Waals surface area (Å²) < 4.78 is 36.9. The summed E-state index contributed by atoms with van der Waals surface area (Å²) >= 11 is 0. The predicted molar refractivity (Wildman–Crippen MR) is 49.4 cm³/mol. The lowest BCUT2D eigenvalue weighted by Gasteiger charge is -2.09. The third-order valence-electron chi connectivity index (χ3n) is 1.89. The summed E-state index contributed by atoms with van der Waals surface area (Å²) in [6.45, 7) is 1.43. The van der Waals surface area contributed by atoms with Crippen molar-refractivity contribution < 1.29 is 18.0 Å². The Morgan fingerprint density at radius 2 is 2.00 bits per heavy atom. The van der Waals surface area contributed by atoms with Gasteiger partial charge in [-0.15, -0.1) is 0 Å². The van der Waals surface area contributed by atoms with E-state index in [1.54, 1.807) is 0 Å². The van der Waals surface area contributed by atoms with Gasteiger partial charge in [0.2, 0.25) is 0 Å². The van der Waals surface area contributed by atoms with Crippen molar-refractivity contribution in [1.82, 2.24) is 0 Å². The normalized spacial score (nSPS) is 13.7. The zero-order valence-corrected chi connectivity index (χ0v) is 8.01. The highest BCUT2D eigenvalue weighted by Crippen LogP contribution is 2.29. The first-order valence-corrected chi connectivity index (χ1v) is 4.29. The molecular weight excluding hydrogens is 207 g/mol. The molecule has 1 rings (SSSR count). The highest BCUT2D eigenvalue weighted by molar-refractivity contribution is 5.99. The number of ketones is 1. The minimum Gasteiger partial charge on any atom is -0.321 e. The molecule has 0 radical (unpaired) electrons. The summed E-state index contributed by atoms with van der Waals surface area (Å²) in [6.07, 6.45) is -4.44. The summed E-state index contributed by atoms with van der Waals surface area (Å²) in [6, 6.07) is 3.44. The van der Waals surface area contributed by atoms with Crippen LogP contribution in [-0.2, 0) is 6.18 Å². The largest absolute Gasteiger partial charge is 0.416 e. The second kappa shape index (κ2) is 4.02. The van der Waals surface area contributed by atoms with Gasteiger partial charge in [-0.25, -0.2) is 0 Å². The number of carbonyl (C=O) groups excluding carboxylic acids is 1. The first kappa shape index (κ1) is 11.7. The van der Waals surface area contributed by atoms with E-state index in [1.807, 2.05) is 0 Å². The van der Waals surface area contributed by atoms with E-state index in [2.05, 4.69) is 0 Å². The van der Waals surface area contributed by atoms with Gasteiger partial charge in [-0.2, -0.15) is 13.2 Å². The second-order valence-electron chi connectivity index (χ2n) is 3.23. The van der Waals surface area contributed by atoms with E-state index in [4.69, 9.17) is 5.73 Å². The van der Waals surface area contributed by atoms with Gasteiger partial charge in [0.15, 0.2) is 5.78 Å². The molecule has 5 heteroatoms. The van der Waals surface area contributed by atoms with Crippen LogP contribution in [0.5, 0.6) is 0 Å². The third-order valence-corrected chi connectivity index (χ3v) is 1.89. The molecule has 0 aromatic heterocycles. The SMILES string of the molecule is CC(N)C(=O)c1cccc(C(F)(F)F)c1. The Morgan fingerprint density at radius 3 is 2.47 bits per heavy atom. The number of carbonyl (C=O) groups is 1. The summed E-state index contributed by atoms with van der Waals surface area (Å²) in [5, 5.41) is 0. The maximum absolute atomic E-state index is 12.3. The number of Topliss-reactive ketones (excluding diaryl/α,β-unsaturated/α-hetero) is 1. The molecular formula is C10H10F3NO. The first-order chi connectivity index (χ1) is 6.82. The molecule has 2 N–H and O–H groups in total. The summed E-state index contributed by atoms with van der Waals surface area (Å²) in [5.41, 5.74) is 4.44. The van der Waals surface area contributed by atoms with Crippen LogP contribution >= 0.6 is 0 Å². The molecule has 0 heterocycles. The van der Waals surface area contributed by atoms with Crippen LogP contribution in [-0.4, -0.2) is 11.8 Å². The van der Waals surface area contributed by atoms with Gasteiger partial charge in [-0.3, -0.25) is 4.79 Å². The van der Waals surface area contributed by atoms with Crippen LogP contribution in [0, 0.1) is 0 Å². The van der Waals surface area contributed by atoms with Gasteiger partial charge in [0.05, 0.1) is 11.6 Å². The molecule has 0 aliphatic carbocycles. The van der Waals surface area contributed by atoms with Crippen molar-refractivity contribution in [2.75, 3.05) is 0 Å². The lowest BCUT2D eigenvalue weighted by molar-refractivity contribution is -0.137. The van der Waals surface area contributed by atoms with Crippen LogP contribution < -0.4 is 5.73 Å². The fraction of sp³-hybridized carbons (Fsp3) is 0.300. The maximum atomic E-state index is 12.3. The van der Waals surface area contributed by atoms with E-state index in [1.165, 1.54) is 19.1 Å². The fourth-order valence-corrected chi connectivity index (χ4v) is 1.11. The van der Waals surface area contributed by atoms with Crippen molar-refractivity contribution >= 4 is 5.78 Å². The molecule has 1 aromatic rings. The Hall–Kier alpha value is -1.36. The van der Waals surface area contributed by atoms with Crippen LogP contribution in [0.3, 0.4) is 0 Å². The maximum Gasteiger partial charge on any atom is 0.416 e. The van der Waals surface area contributed by atoms with E-state index < -0.39 is 23.6 Å². The first-order valence-electron chi connectivity index (χ1n) is 4.29. The van der Waals surface area contributed by atoms with Crippen molar-refractivity contribution in [3.05, 3.63) is 35.4 Å². The zero-order valence-electron chi connectivity index (χ0n) is 8.01. The molecule has 0 spiro atoms. The lowest BCUT2D eigenvalue weighted by atomic mass is 10.0. The number of benzene rings is 1. The third kappa shape index (κ3) is 2.79. The van der Waals surface area contributed by atoms with E-state index >= 15 is 0 Å². The number of halogens is 3. The number of hydrogen-bond donors (Lipinski definition) is 1. The molecule has 1 atom stereocenters. The fourth-order valence-electron chi connectivity index (χ4n) is 1.11. The Bertz CT molecular complexity index is 371. The number of hydrogen-bond acceptors (Lipinski definition) is 2. The second-order valence-corrected chi connectivity index (χ2v) is 3.23. The van der Waals surface area contributed by atoms with E-state index in [0.29, 0.717) is 0 Å². The average molecular weight is 217 g/mol. The van der Waals surface area contributed by atoms with Gasteiger partial charge < -0.3 is 5.73 Å². The Morgan fingerprint density at radius 1 is 1.40 bits per heavy atom. The van der Waals surface area contributed by atoms with Crippen molar-refractivity contribution in [2.45, 2.75) is 19.1 Å². The molecule has 2 nitrogen and oxygen atoms in total. The Kier molecular flexibility index (Phi) is 3.14. The standard InChI is InChI=1S/C10H10F3NO/c1-6(14)9(15)7-3-2-4-8(5-7)10(11,12)13/h2-6H,14H2,1H3. The van der Waals surface area contributed by atoms with Gasteiger partial charge >= 0.3 is 6.18 Å². The van der Waals surface area contributed by atoms with Gasteiger partial charge in [-0.05, 0) is 19.1 Å². The summed E-state index contributed by atoms with van der Waals surface area (Å²) in [5.74, 6) is -0.499. The monoisotopic (exact) mass is 217 g/mol. The number of alkyl halides is 3. The number of rotatable bonds is 2.